The summed E-state index contributed by atoms with van der Waals surface area (Å²) in [6, 6.07) is 0. The SMILES string of the molecule is O=C(O)O/C=N/O. The van der Waals surface area contributed by atoms with Crippen molar-refractivity contribution in [2.75, 3.05) is 0 Å². The van der Waals surface area contributed by atoms with Gasteiger partial charge in [0, 0.05) is 0 Å². The molecule has 0 aliphatic rings. The molecule has 0 aliphatic heterocycles. The standard InChI is InChI=1S/C2H3NO4/c4-2(5)7-1-3-6/h1,6H,(H,4,5)/b3-1+. The van der Waals surface area contributed by atoms with E-state index >= 15 is 0 Å². The lowest BCUT2D eigenvalue weighted by molar-refractivity contribution is 0.140. The van der Waals surface area contributed by atoms with Crippen molar-refractivity contribution in [2.24, 2.45) is 5.16 Å². The maximum atomic E-state index is 9.33. The first-order valence-electron chi connectivity index (χ1n) is 1.33. The van der Waals surface area contributed by atoms with E-state index in [1.807, 2.05) is 0 Å². The normalized spacial score (nSPS) is 9.14. The number of carboxylic acid groups (broad SMARTS) is 1. The molecule has 7 heavy (non-hydrogen) atoms. The van der Waals surface area contributed by atoms with Gasteiger partial charge in [-0.05, 0) is 0 Å². The van der Waals surface area contributed by atoms with E-state index in [0.717, 1.165) is 0 Å². The van der Waals surface area contributed by atoms with Gasteiger partial charge in [-0.25, -0.2) is 4.79 Å². The van der Waals surface area contributed by atoms with Gasteiger partial charge in [-0.3, -0.25) is 0 Å². The summed E-state index contributed by atoms with van der Waals surface area (Å²) < 4.78 is 3.57. The van der Waals surface area contributed by atoms with Gasteiger partial charge < -0.3 is 15.1 Å². The first kappa shape index (κ1) is 5.74. The van der Waals surface area contributed by atoms with Crippen LogP contribution in [0.2, 0.25) is 0 Å². The Hall–Kier alpha value is -1.26. The van der Waals surface area contributed by atoms with Gasteiger partial charge in [0.05, 0.1) is 0 Å². The lowest BCUT2D eigenvalue weighted by Crippen LogP contribution is -1.95. The molecule has 0 fully saturated rings. The second-order valence-electron chi connectivity index (χ2n) is 0.605. The number of rotatable bonds is 1. The van der Waals surface area contributed by atoms with Crippen molar-refractivity contribution in [2.45, 2.75) is 0 Å². The van der Waals surface area contributed by atoms with Gasteiger partial charge >= 0.3 is 6.16 Å². The fraction of sp³-hybridized carbons (Fsp3) is 0. The van der Waals surface area contributed by atoms with E-state index < -0.39 is 6.16 Å². The Labute approximate surface area is 38.8 Å². The van der Waals surface area contributed by atoms with Crippen LogP contribution < -0.4 is 0 Å². The largest absolute Gasteiger partial charge is 0.512 e. The number of carbonyl (C=O) groups is 1. The molecule has 2 N–H and O–H groups in total. The van der Waals surface area contributed by atoms with Crippen molar-refractivity contribution in [3.63, 3.8) is 0 Å². The highest BCUT2D eigenvalue weighted by molar-refractivity contribution is 5.69. The van der Waals surface area contributed by atoms with Crippen LogP contribution in [0.1, 0.15) is 0 Å². The van der Waals surface area contributed by atoms with E-state index in [1.54, 1.807) is 0 Å². The predicted molar refractivity (Wildman–Crippen MR) is 19.4 cm³/mol. The Morgan fingerprint density at radius 1 is 1.86 bits per heavy atom. The minimum absolute atomic E-state index is 0.405. The summed E-state index contributed by atoms with van der Waals surface area (Å²) in [5, 5.41) is 17.4. The van der Waals surface area contributed by atoms with Crippen LogP contribution in [-0.4, -0.2) is 22.9 Å². The van der Waals surface area contributed by atoms with Crippen LogP contribution in [0.4, 0.5) is 4.79 Å². The van der Waals surface area contributed by atoms with Gasteiger partial charge in [0.1, 0.15) is 0 Å². The minimum atomic E-state index is -1.50. The van der Waals surface area contributed by atoms with Crippen molar-refractivity contribution in [3.8, 4) is 0 Å². The molecule has 0 spiro atoms. The van der Waals surface area contributed by atoms with Gasteiger partial charge in [-0.2, -0.15) is 0 Å². The zero-order chi connectivity index (χ0) is 5.70. The molecular weight excluding hydrogens is 102 g/mol. The summed E-state index contributed by atoms with van der Waals surface area (Å²) in [5.41, 5.74) is 0. The summed E-state index contributed by atoms with van der Waals surface area (Å²) in [6.45, 7) is 0. The third kappa shape index (κ3) is 4.74. The molecule has 40 valence electrons. The fourth-order valence-electron chi connectivity index (χ4n) is 0.0687. The molecule has 5 nitrogen and oxygen atoms in total. The zero-order valence-corrected chi connectivity index (χ0v) is 3.24. The molecule has 0 saturated heterocycles. The highest BCUT2D eigenvalue weighted by atomic mass is 16.7. The average molecular weight is 105 g/mol. The number of ether oxygens (including phenoxy) is 1. The van der Waals surface area contributed by atoms with Crippen molar-refractivity contribution in [1.82, 2.24) is 0 Å². The van der Waals surface area contributed by atoms with Crippen molar-refractivity contribution in [1.29, 1.82) is 0 Å². The van der Waals surface area contributed by atoms with Crippen molar-refractivity contribution < 1.29 is 19.8 Å². The molecule has 0 saturated carbocycles. The first-order valence-corrected chi connectivity index (χ1v) is 1.33. The van der Waals surface area contributed by atoms with Crippen LogP contribution in [-0.2, 0) is 4.74 Å². The Kier molecular flexibility index (Phi) is 2.42. The molecular formula is C2H3NO4. The molecule has 0 radical (unpaired) electrons. The maximum Gasteiger partial charge on any atom is 0.512 e. The fourth-order valence-corrected chi connectivity index (χ4v) is 0.0687. The molecule has 0 rings (SSSR count). The molecule has 0 unspecified atom stereocenters. The highest BCUT2D eigenvalue weighted by Crippen LogP contribution is 1.66. The molecule has 0 amide bonds. The third-order valence-corrected chi connectivity index (χ3v) is 0.201. The topological polar surface area (TPSA) is 79.1 Å². The molecule has 5 heteroatoms. The number of oxime groups is 1. The summed E-state index contributed by atoms with van der Waals surface area (Å²) in [4.78, 5) is 9.33. The zero-order valence-electron chi connectivity index (χ0n) is 3.24. The summed E-state index contributed by atoms with van der Waals surface area (Å²) in [5.74, 6) is 0. The van der Waals surface area contributed by atoms with Crippen LogP contribution in [0, 0.1) is 0 Å². The van der Waals surface area contributed by atoms with E-state index in [0.29, 0.717) is 6.40 Å². The smallest absolute Gasteiger partial charge is 0.449 e. The Morgan fingerprint density at radius 2 is 2.43 bits per heavy atom. The molecule has 0 aromatic heterocycles. The third-order valence-electron chi connectivity index (χ3n) is 0.201. The molecule has 0 atom stereocenters. The summed E-state index contributed by atoms with van der Waals surface area (Å²) >= 11 is 0. The molecule has 0 aromatic carbocycles. The van der Waals surface area contributed by atoms with Crippen molar-refractivity contribution in [3.05, 3.63) is 0 Å². The van der Waals surface area contributed by atoms with Crippen LogP contribution in [0.3, 0.4) is 0 Å². The number of nitrogens with zero attached hydrogens (tertiary/aromatic N) is 1. The molecule has 0 aliphatic carbocycles. The first-order chi connectivity index (χ1) is 3.27. The van der Waals surface area contributed by atoms with Crippen LogP contribution in [0.15, 0.2) is 5.16 Å². The molecule has 0 heterocycles. The monoisotopic (exact) mass is 105 g/mol. The Morgan fingerprint density at radius 3 is 2.57 bits per heavy atom. The van der Waals surface area contributed by atoms with Gasteiger partial charge in [0.2, 0.25) is 6.40 Å². The minimum Gasteiger partial charge on any atom is -0.449 e. The number of hydrogen-bond donors (Lipinski definition) is 2. The predicted octanol–water partition coefficient (Wildman–Crippen LogP) is 0.0985. The Bertz CT molecular complexity index is 87.7. The molecule has 0 aromatic rings. The number of hydrogen-bond acceptors (Lipinski definition) is 4. The quantitative estimate of drug-likeness (QED) is 0.163. The average Bonchev–Trinajstić information content (AvgIpc) is 1.61. The Balaban J connectivity index is 3.14. The van der Waals surface area contributed by atoms with Crippen molar-refractivity contribution >= 4 is 12.6 Å². The second-order valence-corrected chi connectivity index (χ2v) is 0.605. The van der Waals surface area contributed by atoms with E-state index in [4.69, 9.17) is 10.3 Å². The van der Waals surface area contributed by atoms with Gasteiger partial charge in [-0.1, -0.05) is 5.16 Å². The molecule has 0 bridgehead atoms. The van der Waals surface area contributed by atoms with Crippen LogP contribution >= 0.6 is 0 Å². The summed E-state index contributed by atoms with van der Waals surface area (Å²) in [6.07, 6.45) is -1.10. The lowest BCUT2D eigenvalue weighted by Gasteiger charge is -1.81. The second kappa shape index (κ2) is 2.95. The highest BCUT2D eigenvalue weighted by Gasteiger charge is 1.87. The van der Waals surface area contributed by atoms with E-state index in [1.165, 1.54) is 0 Å². The van der Waals surface area contributed by atoms with E-state index in [2.05, 4.69) is 9.89 Å². The van der Waals surface area contributed by atoms with Gasteiger partial charge in [-0.15, -0.1) is 0 Å². The van der Waals surface area contributed by atoms with E-state index in [9.17, 15) is 4.79 Å². The lowest BCUT2D eigenvalue weighted by atomic mass is 11.3. The van der Waals surface area contributed by atoms with E-state index in [-0.39, 0.29) is 0 Å². The van der Waals surface area contributed by atoms with Gasteiger partial charge in [0.25, 0.3) is 0 Å². The summed E-state index contributed by atoms with van der Waals surface area (Å²) in [7, 11) is 0. The van der Waals surface area contributed by atoms with Gasteiger partial charge in [0.15, 0.2) is 0 Å². The maximum absolute atomic E-state index is 9.33. The van der Waals surface area contributed by atoms with Crippen LogP contribution in [0.5, 0.6) is 0 Å². The van der Waals surface area contributed by atoms with Crippen LogP contribution in [0.25, 0.3) is 0 Å².